The van der Waals surface area contributed by atoms with Gasteiger partial charge in [-0.05, 0) is 54.0 Å². The van der Waals surface area contributed by atoms with Crippen LogP contribution in [-0.4, -0.2) is 19.0 Å². The fourth-order valence-corrected chi connectivity index (χ4v) is 4.43. The number of hydrogen-bond acceptors (Lipinski definition) is 2. The second kappa shape index (κ2) is 7.59. The summed E-state index contributed by atoms with van der Waals surface area (Å²) in [7, 11) is 0. The fourth-order valence-electron chi connectivity index (χ4n) is 3.65. The monoisotopic (exact) mass is 430 g/mol. The summed E-state index contributed by atoms with van der Waals surface area (Å²) in [5.41, 5.74) is 6.14. The highest BCUT2D eigenvalue weighted by atomic mass is 35.5. The molecule has 1 atom stereocenters. The second-order valence-corrected chi connectivity index (χ2v) is 8.00. The lowest BCUT2D eigenvalue weighted by Gasteiger charge is -2.36. The van der Waals surface area contributed by atoms with Crippen molar-refractivity contribution in [3.8, 4) is 0 Å². The molecule has 7 heteroatoms. The zero-order chi connectivity index (χ0) is 19.8. The Balaban J connectivity index is 2.04. The van der Waals surface area contributed by atoms with Crippen LogP contribution in [-0.2, 0) is 12.0 Å². The van der Waals surface area contributed by atoms with Gasteiger partial charge in [0, 0.05) is 40.4 Å². The minimum atomic E-state index is -3.14. The van der Waals surface area contributed by atoms with Gasteiger partial charge >= 0.3 is 0 Å². The molecule has 0 spiro atoms. The summed E-state index contributed by atoms with van der Waals surface area (Å²) in [6.45, 7) is 4.20. The van der Waals surface area contributed by atoms with Crippen LogP contribution in [0.1, 0.15) is 17.5 Å². The van der Waals surface area contributed by atoms with E-state index in [-0.39, 0.29) is 13.0 Å². The van der Waals surface area contributed by atoms with Gasteiger partial charge in [0.25, 0.3) is 5.92 Å². The predicted octanol–water partition coefficient (Wildman–Crippen LogP) is 6.07. The van der Waals surface area contributed by atoms with Crippen LogP contribution in [0.4, 0.5) is 14.5 Å². The number of alkyl halides is 2. The van der Waals surface area contributed by atoms with Crippen molar-refractivity contribution < 1.29 is 8.78 Å². The van der Waals surface area contributed by atoms with E-state index in [0.29, 0.717) is 39.8 Å². The lowest BCUT2D eigenvalue weighted by Crippen LogP contribution is -2.46. The molecule has 2 N–H and O–H groups in total. The first-order valence-corrected chi connectivity index (χ1v) is 9.57. The van der Waals surface area contributed by atoms with Gasteiger partial charge in [0.05, 0.1) is 5.41 Å². The maximum absolute atomic E-state index is 15.1. The highest BCUT2D eigenvalue weighted by Gasteiger charge is 2.56. The van der Waals surface area contributed by atoms with E-state index >= 15 is 8.78 Å². The number of nitrogens with zero attached hydrogens (tertiary/aromatic N) is 1. The van der Waals surface area contributed by atoms with E-state index in [1.165, 1.54) is 6.07 Å². The molecule has 0 aromatic heterocycles. The Bertz CT molecular complexity index is 852. The molecule has 27 heavy (non-hydrogen) atoms. The summed E-state index contributed by atoms with van der Waals surface area (Å²) in [4.78, 5) is 1.89. The number of allylic oxidation sites excluding steroid dienone is 1. The Kier molecular flexibility index (Phi) is 5.74. The molecule has 2 nitrogen and oxygen atoms in total. The van der Waals surface area contributed by atoms with E-state index in [0.717, 1.165) is 11.3 Å². The van der Waals surface area contributed by atoms with E-state index in [9.17, 15) is 0 Å². The number of halogens is 5. The van der Waals surface area contributed by atoms with Crippen LogP contribution in [0.5, 0.6) is 0 Å². The number of nitrogens with two attached hydrogens (primary N) is 1. The average Bonchev–Trinajstić information content (AvgIpc) is 3.08. The highest BCUT2D eigenvalue weighted by Crippen LogP contribution is 2.49. The summed E-state index contributed by atoms with van der Waals surface area (Å²) < 4.78 is 30.2. The van der Waals surface area contributed by atoms with Gasteiger partial charge in [-0.1, -0.05) is 47.4 Å². The maximum atomic E-state index is 15.1. The summed E-state index contributed by atoms with van der Waals surface area (Å²) >= 11 is 18.4. The molecule has 1 aliphatic heterocycles. The van der Waals surface area contributed by atoms with Crippen LogP contribution in [0, 0.1) is 0 Å². The third kappa shape index (κ3) is 3.68. The first-order chi connectivity index (χ1) is 12.7. The highest BCUT2D eigenvalue weighted by molar-refractivity contribution is 6.34. The van der Waals surface area contributed by atoms with Gasteiger partial charge in [-0.25, -0.2) is 8.78 Å². The molecule has 1 aliphatic rings. The van der Waals surface area contributed by atoms with Crippen molar-refractivity contribution in [2.24, 2.45) is 5.73 Å². The normalized spacial score (nSPS) is 20.1. The van der Waals surface area contributed by atoms with Gasteiger partial charge in [0.1, 0.15) is 0 Å². The molecule has 0 bridgehead atoms. The molecule has 0 amide bonds. The van der Waals surface area contributed by atoms with Crippen LogP contribution in [0.3, 0.4) is 0 Å². The molecule has 1 unspecified atom stereocenters. The first kappa shape index (κ1) is 20.4. The van der Waals surface area contributed by atoms with Gasteiger partial charge < -0.3 is 10.6 Å². The number of anilines is 1. The van der Waals surface area contributed by atoms with Gasteiger partial charge in [-0.3, -0.25) is 0 Å². The third-order valence-electron chi connectivity index (χ3n) is 5.20. The van der Waals surface area contributed by atoms with Crippen LogP contribution < -0.4 is 10.6 Å². The summed E-state index contributed by atoms with van der Waals surface area (Å²) in [6.07, 6.45) is 0.925. The smallest absolute Gasteiger partial charge is 0.277 e. The molecule has 0 saturated carbocycles. The number of rotatable bonds is 5. The Morgan fingerprint density at radius 3 is 2.37 bits per heavy atom. The lowest BCUT2D eigenvalue weighted by atomic mass is 9.74. The largest absolute Gasteiger partial charge is 0.370 e. The maximum Gasteiger partial charge on any atom is 0.277 e. The van der Waals surface area contributed by atoms with Gasteiger partial charge in [-0.2, -0.15) is 0 Å². The van der Waals surface area contributed by atoms with Crippen molar-refractivity contribution in [3.05, 3.63) is 75.2 Å². The topological polar surface area (TPSA) is 29.3 Å². The summed E-state index contributed by atoms with van der Waals surface area (Å²) in [5, 5.41) is 1.17. The quantitative estimate of drug-likeness (QED) is 0.582. The van der Waals surface area contributed by atoms with E-state index in [2.05, 4.69) is 6.58 Å². The van der Waals surface area contributed by atoms with E-state index in [4.69, 9.17) is 40.5 Å². The Labute approximate surface area is 172 Å². The van der Waals surface area contributed by atoms with E-state index in [1.54, 1.807) is 18.2 Å². The van der Waals surface area contributed by atoms with Crippen molar-refractivity contribution in [1.82, 2.24) is 0 Å². The predicted molar refractivity (Wildman–Crippen MR) is 109 cm³/mol. The second-order valence-electron chi connectivity index (χ2n) is 6.72. The Morgan fingerprint density at radius 2 is 1.81 bits per heavy atom. The SMILES string of the molecule is C=CC(F)(F)C1(c2cc(Cl)cc(Cl)c2)CCN(c2ccc(CN)c(Cl)c2)C1. The van der Waals surface area contributed by atoms with Crippen LogP contribution in [0.15, 0.2) is 49.1 Å². The zero-order valence-corrected chi connectivity index (χ0v) is 16.8. The van der Waals surface area contributed by atoms with E-state index in [1.807, 2.05) is 17.0 Å². The van der Waals surface area contributed by atoms with Crippen molar-refractivity contribution in [3.63, 3.8) is 0 Å². The molecule has 1 heterocycles. The molecule has 3 rings (SSSR count). The van der Waals surface area contributed by atoms with Gasteiger partial charge in [-0.15, -0.1) is 0 Å². The summed E-state index contributed by atoms with van der Waals surface area (Å²) in [5.74, 6) is -3.14. The van der Waals surface area contributed by atoms with Crippen molar-refractivity contribution in [1.29, 1.82) is 0 Å². The Hall–Kier alpha value is -1.33. The molecular formula is C20H19Cl3F2N2. The standard InChI is InChI=1S/C20H19Cl3F2N2/c1-2-20(24,25)19(14-7-15(21)9-16(22)8-14)5-6-27(12-19)17-4-3-13(11-26)18(23)10-17/h2-4,7-10H,1,5-6,11-12,26H2. The van der Waals surface area contributed by atoms with Crippen molar-refractivity contribution in [2.75, 3.05) is 18.0 Å². The molecular weight excluding hydrogens is 413 g/mol. The van der Waals surface area contributed by atoms with Crippen LogP contribution in [0.2, 0.25) is 15.1 Å². The zero-order valence-electron chi connectivity index (χ0n) is 14.5. The fraction of sp³-hybridized carbons (Fsp3) is 0.300. The van der Waals surface area contributed by atoms with Gasteiger partial charge in [0.2, 0.25) is 0 Å². The van der Waals surface area contributed by atoms with Crippen molar-refractivity contribution in [2.45, 2.75) is 24.3 Å². The van der Waals surface area contributed by atoms with E-state index < -0.39 is 11.3 Å². The lowest BCUT2D eigenvalue weighted by molar-refractivity contribution is -0.0234. The Morgan fingerprint density at radius 1 is 1.15 bits per heavy atom. The molecule has 1 saturated heterocycles. The molecule has 144 valence electrons. The third-order valence-corrected chi connectivity index (χ3v) is 5.99. The number of hydrogen-bond donors (Lipinski definition) is 1. The molecule has 2 aromatic rings. The molecule has 0 radical (unpaired) electrons. The molecule has 1 fully saturated rings. The molecule has 2 aromatic carbocycles. The number of benzene rings is 2. The average molecular weight is 432 g/mol. The van der Waals surface area contributed by atoms with Crippen LogP contribution >= 0.6 is 34.8 Å². The first-order valence-electron chi connectivity index (χ1n) is 8.44. The minimum Gasteiger partial charge on any atom is -0.370 e. The van der Waals surface area contributed by atoms with Gasteiger partial charge in [0.15, 0.2) is 0 Å². The molecule has 0 aliphatic carbocycles. The summed E-state index contributed by atoms with van der Waals surface area (Å²) in [6, 6.07) is 10.1. The van der Waals surface area contributed by atoms with Crippen LogP contribution in [0.25, 0.3) is 0 Å². The minimum absolute atomic E-state index is 0.0843. The van der Waals surface area contributed by atoms with Crippen molar-refractivity contribution >= 4 is 40.5 Å².